The van der Waals surface area contributed by atoms with Crippen molar-refractivity contribution in [3.05, 3.63) is 11.6 Å². The van der Waals surface area contributed by atoms with Crippen LogP contribution in [-0.2, 0) is 14.3 Å². The van der Waals surface area contributed by atoms with Gasteiger partial charge in [-0.2, -0.15) is 0 Å². The monoisotopic (exact) mass is 339 g/mol. The van der Waals surface area contributed by atoms with Crippen molar-refractivity contribution < 1.29 is 19.4 Å². The van der Waals surface area contributed by atoms with E-state index >= 15 is 0 Å². The van der Waals surface area contributed by atoms with Gasteiger partial charge < -0.3 is 20.5 Å². The lowest BCUT2D eigenvalue weighted by molar-refractivity contribution is -0.134. The lowest BCUT2D eigenvalue weighted by Gasteiger charge is -2.36. The van der Waals surface area contributed by atoms with Crippen molar-refractivity contribution in [2.45, 2.75) is 50.4 Å². The first kappa shape index (κ1) is 16.4. The molecule has 2 amide bonds. The van der Waals surface area contributed by atoms with Crippen molar-refractivity contribution in [2.24, 2.45) is 5.92 Å². The number of hydrogen-bond donors (Lipinski definition) is 3. The fourth-order valence-electron chi connectivity index (χ4n) is 2.76. The lowest BCUT2D eigenvalue weighted by atomic mass is 9.96. The van der Waals surface area contributed by atoms with E-state index < -0.39 is 6.10 Å². The molecule has 1 aromatic heterocycles. The third-order valence-corrected chi connectivity index (χ3v) is 4.85. The molecule has 2 heterocycles. The van der Waals surface area contributed by atoms with E-state index in [1.165, 1.54) is 11.3 Å². The van der Waals surface area contributed by atoms with Crippen molar-refractivity contribution in [3.8, 4) is 0 Å². The van der Waals surface area contributed by atoms with Crippen molar-refractivity contribution in [3.63, 3.8) is 0 Å². The molecule has 0 aromatic carbocycles. The maximum atomic E-state index is 12.0. The van der Waals surface area contributed by atoms with Crippen LogP contribution >= 0.6 is 11.3 Å². The fraction of sp³-hybridized carbons (Fsp3) is 0.667. The Morgan fingerprint density at radius 1 is 1.35 bits per heavy atom. The van der Waals surface area contributed by atoms with Crippen molar-refractivity contribution in [1.82, 2.24) is 10.3 Å². The predicted octanol–water partition coefficient (Wildman–Crippen LogP) is 0.906. The molecule has 3 N–H and O–H groups in total. The third-order valence-electron chi connectivity index (χ3n) is 4.16. The SMILES string of the molecule is O=C(C[C@H]1CC[C@@H](NC(=O)C2CC2)[C@H](CO)O1)Nc1nccs1. The number of thiazole rings is 1. The van der Waals surface area contributed by atoms with Crippen LogP contribution in [0.3, 0.4) is 0 Å². The highest BCUT2D eigenvalue weighted by atomic mass is 32.1. The summed E-state index contributed by atoms with van der Waals surface area (Å²) in [6.07, 6.45) is 4.43. The summed E-state index contributed by atoms with van der Waals surface area (Å²) in [5, 5.41) is 17.5. The van der Waals surface area contributed by atoms with Gasteiger partial charge in [-0.25, -0.2) is 4.98 Å². The summed E-state index contributed by atoms with van der Waals surface area (Å²) >= 11 is 1.36. The van der Waals surface area contributed by atoms with E-state index in [1.807, 2.05) is 0 Å². The maximum Gasteiger partial charge on any atom is 0.228 e. The topological polar surface area (TPSA) is 101 Å². The number of nitrogens with zero attached hydrogens (tertiary/aromatic N) is 1. The van der Waals surface area contributed by atoms with Gasteiger partial charge in [-0.15, -0.1) is 11.3 Å². The summed E-state index contributed by atoms with van der Waals surface area (Å²) in [6.45, 7) is -0.166. The minimum absolute atomic E-state index is 0.0528. The Bertz CT molecular complexity index is 547. The molecule has 1 aromatic rings. The molecular formula is C15H21N3O4S. The number of rotatable bonds is 6. The van der Waals surface area contributed by atoms with Gasteiger partial charge >= 0.3 is 0 Å². The molecule has 0 bridgehead atoms. The molecule has 1 aliphatic carbocycles. The molecule has 0 spiro atoms. The summed E-state index contributed by atoms with van der Waals surface area (Å²) in [5.74, 6) is 0.0373. The van der Waals surface area contributed by atoms with Gasteiger partial charge in [0, 0.05) is 17.5 Å². The van der Waals surface area contributed by atoms with E-state index in [9.17, 15) is 14.7 Å². The zero-order chi connectivity index (χ0) is 16.2. The second-order valence-electron chi connectivity index (χ2n) is 6.04. The van der Waals surface area contributed by atoms with Crippen LogP contribution in [0, 0.1) is 5.92 Å². The largest absolute Gasteiger partial charge is 0.394 e. The summed E-state index contributed by atoms with van der Waals surface area (Å²) in [5.41, 5.74) is 0. The smallest absolute Gasteiger partial charge is 0.228 e. The first-order valence-electron chi connectivity index (χ1n) is 7.91. The van der Waals surface area contributed by atoms with Crippen LogP contribution in [0.4, 0.5) is 5.13 Å². The Morgan fingerprint density at radius 3 is 2.83 bits per heavy atom. The minimum atomic E-state index is -0.455. The van der Waals surface area contributed by atoms with Crippen molar-refractivity contribution in [1.29, 1.82) is 0 Å². The first-order chi connectivity index (χ1) is 11.2. The summed E-state index contributed by atoms with van der Waals surface area (Å²) < 4.78 is 5.80. The zero-order valence-electron chi connectivity index (χ0n) is 12.7. The molecule has 2 fully saturated rings. The number of aliphatic hydroxyl groups excluding tert-OH is 1. The Kier molecular flexibility index (Phi) is 5.24. The molecule has 23 heavy (non-hydrogen) atoms. The summed E-state index contributed by atoms with van der Waals surface area (Å²) in [4.78, 5) is 27.8. The number of aromatic nitrogens is 1. The molecule has 1 saturated heterocycles. The molecule has 0 radical (unpaired) electrons. The van der Waals surface area contributed by atoms with Gasteiger partial charge in [0.25, 0.3) is 0 Å². The maximum absolute atomic E-state index is 12.0. The molecule has 0 unspecified atom stereocenters. The number of hydrogen-bond acceptors (Lipinski definition) is 6. The van der Waals surface area contributed by atoms with Crippen LogP contribution in [-0.4, -0.2) is 46.8 Å². The third kappa shape index (κ3) is 4.49. The van der Waals surface area contributed by atoms with Gasteiger partial charge in [-0.1, -0.05) is 0 Å². The number of anilines is 1. The standard InChI is InChI=1S/C15H21N3O4S/c19-8-12-11(17-14(21)9-1-2-9)4-3-10(22-12)7-13(20)18-15-16-5-6-23-15/h5-6,9-12,19H,1-4,7-8H2,(H,17,21)(H,16,18,20)/t10-,11-,12+/m1/s1. The van der Waals surface area contributed by atoms with Gasteiger partial charge in [-0.05, 0) is 25.7 Å². The average Bonchev–Trinajstić information content (AvgIpc) is 3.27. The van der Waals surface area contributed by atoms with Crippen molar-refractivity contribution in [2.75, 3.05) is 11.9 Å². The highest BCUT2D eigenvalue weighted by Gasteiger charge is 2.36. The second kappa shape index (κ2) is 7.37. The quantitative estimate of drug-likeness (QED) is 0.715. The second-order valence-corrected chi connectivity index (χ2v) is 6.93. The minimum Gasteiger partial charge on any atom is -0.394 e. The van der Waals surface area contributed by atoms with Gasteiger partial charge in [0.15, 0.2) is 5.13 Å². The molecule has 7 nitrogen and oxygen atoms in total. The Hall–Kier alpha value is -1.51. The lowest BCUT2D eigenvalue weighted by Crippen LogP contribution is -2.51. The van der Waals surface area contributed by atoms with Crippen LogP contribution in [0.25, 0.3) is 0 Å². The molecule has 8 heteroatoms. The highest BCUT2D eigenvalue weighted by Crippen LogP contribution is 2.30. The van der Waals surface area contributed by atoms with Gasteiger partial charge in [0.1, 0.15) is 6.10 Å². The fourth-order valence-corrected chi connectivity index (χ4v) is 3.30. The molecule has 3 rings (SSSR count). The number of ether oxygens (including phenoxy) is 1. The zero-order valence-corrected chi connectivity index (χ0v) is 13.6. The van der Waals surface area contributed by atoms with E-state index in [2.05, 4.69) is 15.6 Å². The van der Waals surface area contributed by atoms with Crippen LogP contribution in [0.15, 0.2) is 11.6 Å². The Morgan fingerprint density at radius 2 is 2.17 bits per heavy atom. The van der Waals surface area contributed by atoms with Crippen molar-refractivity contribution >= 4 is 28.3 Å². The van der Waals surface area contributed by atoms with Crippen LogP contribution in [0.1, 0.15) is 32.1 Å². The van der Waals surface area contributed by atoms with E-state index in [-0.39, 0.29) is 42.9 Å². The molecule has 2 aliphatic rings. The van der Waals surface area contributed by atoms with Crippen LogP contribution in [0.2, 0.25) is 0 Å². The van der Waals surface area contributed by atoms with E-state index in [1.54, 1.807) is 11.6 Å². The van der Waals surface area contributed by atoms with Gasteiger partial charge in [0.05, 0.1) is 25.2 Å². The summed E-state index contributed by atoms with van der Waals surface area (Å²) in [7, 11) is 0. The number of aliphatic hydroxyl groups is 1. The molecule has 126 valence electrons. The molecule has 3 atom stereocenters. The van der Waals surface area contributed by atoms with E-state index in [4.69, 9.17) is 4.74 Å². The van der Waals surface area contributed by atoms with E-state index in [0.717, 1.165) is 12.8 Å². The predicted molar refractivity (Wildman–Crippen MR) is 85.0 cm³/mol. The number of carbonyl (C=O) groups excluding carboxylic acids is 2. The van der Waals surface area contributed by atoms with Gasteiger partial charge in [-0.3, -0.25) is 9.59 Å². The van der Waals surface area contributed by atoms with E-state index in [0.29, 0.717) is 18.0 Å². The highest BCUT2D eigenvalue weighted by molar-refractivity contribution is 7.13. The Balaban J connectivity index is 1.47. The number of nitrogens with one attached hydrogen (secondary N) is 2. The summed E-state index contributed by atoms with van der Waals surface area (Å²) in [6, 6.07) is -0.175. The Labute approximate surface area is 138 Å². The number of carbonyl (C=O) groups is 2. The first-order valence-corrected chi connectivity index (χ1v) is 8.79. The van der Waals surface area contributed by atoms with Crippen LogP contribution in [0.5, 0.6) is 0 Å². The number of amides is 2. The molecule has 1 aliphatic heterocycles. The molecule has 1 saturated carbocycles. The normalized spacial score (nSPS) is 27.4. The van der Waals surface area contributed by atoms with Crippen LogP contribution < -0.4 is 10.6 Å². The van der Waals surface area contributed by atoms with Gasteiger partial charge in [0.2, 0.25) is 11.8 Å². The molecular weight excluding hydrogens is 318 g/mol. The average molecular weight is 339 g/mol.